The predicted octanol–water partition coefficient (Wildman–Crippen LogP) is 2.89. The van der Waals surface area contributed by atoms with E-state index in [9.17, 15) is 9.18 Å². The van der Waals surface area contributed by atoms with Crippen LogP contribution < -0.4 is 5.32 Å². The summed E-state index contributed by atoms with van der Waals surface area (Å²) in [4.78, 5) is 13.7. The number of hydrogen-bond acceptors (Lipinski definition) is 3. The van der Waals surface area contributed by atoms with Crippen LogP contribution >= 0.6 is 11.6 Å². The van der Waals surface area contributed by atoms with E-state index < -0.39 is 17.8 Å². The van der Waals surface area contributed by atoms with Crippen LogP contribution in [0.4, 0.5) is 4.39 Å². The van der Waals surface area contributed by atoms with E-state index in [1.165, 1.54) is 18.2 Å². The average molecular weight is 287 g/mol. The van der Waals surface area contributed by atoms with Crippen molar-refractivity contribution in [2.75, 3.05) is 13.1 Å². The Hall–Kier alpha value is -1.82. The highest BCUT2D eigenvalue weighted by atomic mass is 35.5. The van der Waals surface area contributed by atoms with Crippen molar-refractivity contribution in [2.24, 2.45) is 5.11 Å². The Kier molecular flexibility index (Phi) is 6.08. The van der Waals surface area contributed by atoms with Crippen LogP contribution in [0.15, 0.2) is 23.3 Å². The molecule has 0 radical (unpaired) electrons. The van der Waals surface area contributed by atoms with Crippen molar-refractivity contribution in [1.82, 2.24) is 5.32 Å². The molecule has 2 N–H and O–H groups in total. The minimum Gasteiger partial charge on any atom is -0.480 e. The van der Waals surface area contributed by atoms with E-state index in [2.05, 4.69) is 15.3 Å². The van der Waals surface area contributed by atoms with E-state index in [0.717, 1.165) is 0 Å². The van der Waals surface area contributed by atoms with E-state index in [4.69, 9.17) is 22.2 Å². The Balaban J connectivity index is 2.75. The lowest BCUT2D eigenvalue weighted by Gasteiger charge is -2.15. The van der Waals surface area contributed by atoms with Gasteiger partial charge in [0.2, 0.25) is 0 Å². The van der Waals surface area contributed by atoms with Gasteiger partial charge in [-0.15, -0.1) is 0 Å². The zero-order valence-electron chi connectivity index (χ0n) is 9.88. The molecule has 0 saturated heterocycles. The Labute approximate surface area is 113 Å². The maximum Gasteiger partial charge on any atom is 0.325 e. The minimum atomic E-state index is -1.20. The van der Waals surface area contributed by atoms with Gasteiger partial charge in [-0.1, -0.05) is 28.8 Å². The van der Waals surface area contributed by atoms with Gasteiger partial charge in [-0.25, -0.2) is 4.39 Å². The first kappa shape index (κ1) is 15.2. The molecule has 0 aliphatic carbocycles. The first-order valence-corrected chi connectivity index (χ1v) is 5.86. The first-order valence-electron chi connectivity index (χ1n) is 5.49. The molecule has 0 saturated carbocycles. The van der Waals surface area contributed by atoms with Crippen molar-refractivity contribution in [3.63, 3.8) is 0 Å². The molecule has 0 fully saturated rings. The van der Waals surface area contributed by atoms with E-state index in [-0.39, 0.29) is 23.7 Å². The number of azide groups is 1. The van der Waals surface area contributed by atoms with Gasteiger partial charge in [-0.3, -0.25) is 4.79 Å². The topological polar surface area (TPSA) is 98.1 Å². The summed E-state index contributed by atoms with van der Waals surface area (Å²) in [5.41, 5.74) is 8.06. The van der Waals surface area contributed by atoms with Gasteiger partial charge in [0, 0.05) is 17.0 Å². The summed E-state index contributed by atoms with van der Waals surface area (Å²) >= 11 is 5.61. The molecule has 0 amide bonds. The zero-order valence-corrected chi connectivity index (χ0v) is 10.6. The van der Waals surface area contributed by atoms with E-state index in [1.54, 1.807) is 0 Å². The maximum atomic E-state index is 13.7. The summed E-state index contributed by atoms with van der Waals surface area (Å²) in [7, 11) is 0. The maximum absolute atomic E-state index is 13.7. The Bertz CT molecular complexity index is 505. The smallest absolute Gasteiger partial charge is 0.325 e. The number of hydrogen-bond donors (Lipinski definition) is 2. The number of carboxylic acids is 1. The lowest BCUT2D eigenvalue weighted by atomic mass is 10.1. The molecule has 1 rings (SSSR count). The minimum absolute atomic E-state index is 0.0243. The fourth-order valence-corrected chi connectivity index (χ4v) is 1.70. The second-order valence-corrected chi connectivity index (χ2v) is 4.08. The summed E-state index contributed by atoms with van der Waals surface area (Å²) in [6, 6.07) is 3.00. The van der Waals surface area contributed by atoms with Gasteiger partial charge in [0.1, 0.15) is 11.9 Å². The molecule has 1 atom stereocenters. The van der Waals surface area contributed by atoms with Crippen LogP contribution in [0.2, 0.25) is 5.02 Å². The molecule has 0 aliphatic heterocycles. The molecule has 1 aromatic carbocycles. The molecular formula is C11H12ClFN4O2. The SMILES string of the molecule is [N-]=[N+]=NCCCNC(C(=O)O)c1cccc(Cl)c1F. The van der Waals surface area contributed by atoms with Gasteiger partial charge in [-0.2, -0.15) is 0 Å². The van der Waals surface area contributed by atoms with E-state index >= 15 is 0 Å². The normalized spacial score (nSPS) is 11.7. The zero-order chi connectivity index (χ0) is 14.3. The van der Waals surface area contributed by atoms with Crippen LogP contribution in [-0.2, 0) is 4.79 Å². The quantitative estimate of drug-likeness (QED) is 0.349. The molecule has 0 aliphatic rings. The van der Waals surface area contributed by atoms with Crippen LogP contribution in [0, 0.1) is 5.82 Å². The number of carbonyl (C=O) groups is 1. The number of nitrogens with one attached hydrogen (secondary N) is 1. The number of carboxylic acid groups (broad SMARTS) is 1. The molecule has 1 aromatic rings. The van der Waals surface area contributed by atoms with Gasteiger partial charge in [0.05, 0.1) is 5.02 Å². The monoisotopic (exact) mass is 286 g/mol. The number of halogens is 2. The fourth-order valence-electron chi connectivity index (χ4n) is 1.51. The van der Waals surface area contributed by atoms with Crippen molar-refractivity contribution in [3.8, 4) is 0 Å². The van der Waals surface area contributed by atoms with Crippen molar-refractivity contribution in [2.45, 2.75) is 12.5 Å². The molecule has 0 bridgehead atoms. The highest BCUT2D eigenvalue weighted by molar-refractivity contribution is 6.30. The molecule has 0 aromatic heterocycles. The average Bonchev–Trinajstić information content (AvgIpc) is 2.37. The summed E-state index contributed by atoms with van der Waals surface area (Å²) in [6.45, 7) is 0.524. The highest BCUT2D eigenvalue weighted by Gasteiger charge is 2.23. The van der Waals surface area contributed by atoms with Gasteiger partial charge < -0.3 is 10.4 Å². The lowest BCUT2D eigenvalue weighted by molar-refractivity contribution is -0.139. The molecular weight excluding hydrogens is 275 g/mol. The number of rotatable bonds is 7. The standard InChI is InChI=1S/C11H12ClFN4O2/c12-8-4-1-3-7(9(8)13)10(11(18)19)15-5-2-6-16-17-14/h1,3-4,10,15H,2,5-6H2,(H,18,19). The van der Waals surface area contributed by atoms with Gasteiger partial charge in [-0.05, 0) is 24.6 Å². The van der Waals surface area contributed by atoms with Crippen LogP contribution in [0.5, 0.6) is 0 Å². The van der Waals surface area contributed by atoms with E-state index in [0.29, 0.717) is 6.42 Å². The third-order valence-corrected chi connectivity index (χ3v) is 2.68. The van der Waals surface area contributed by atoms with Crippen molar-refractivity contribution in [1.29, 1.82) is 0 Å². The molecule has 6 nitrogen and oxygen atoms in total. The molecule has 8 heteroatoms. The summed E-state index contributed by atoms with van der Waals surface area (Å²) in [5, 5.41) is 15.0. The summed E-state index contributed by atoms with van der Waals surface area (Å²) < 4.78 is 13.7. The second kappa shape index (κ2) is 7.58. The van der Waals surface area contributed by atoms with Crippen molar-refractivity contribution < 1.29 is 14.3 Å². The third-order valence-electron chi connectivity index (χ3n) is 2.39. The number of nitrogens with zero attached hydrogens (tertiary/aromatic N) is 3. The number of benzene rings is 1. The molecule has 19 heavy (non-hydrogen) atoms. The van der Waals surface area contributed by atoms with Crippen LogP contribution in [0.3, 0.4) is 0 Å². The summed E-state index contributed by atoms with van der Waals surface area (Å²) in [5.74, 6) is -1.95. The first-order chi connectivity index (χ1) is 9.07. The van der Waals surface area contributed by atoms with Gasteiger partial charge in [0.15, 0.2) is 0 Å². The molecule has 0 spiro atoms. The molecule has 0 heterocycles. The third kappa shape index (κ3) is 4.40. The van der Waals surface area contributed by atoms with E-state index in [1.807, 2.05) is 0 Å². The fraction of sp³-hybridized carbons (Fsp3) is 0.364. The van der Waals surface area contributed by atoms with Crippen molar-refractivity contribution >= 4 is 17.6 Å². The molecule has 1 unspecified atom stereocenters. The predicted molar refractivity (Wildman–Crippen MR) is 68.4 cm³/mol. The number of aliphatic carboxylic acids is 1. The second-order valence-electron chi connectivity index (χ2n) is 3.68. The molecule has 102 valence electrons. The van der Waals surface area contributed by atoms with Gasteiger partial charge in [0.25, 0.3) is 0 Å². The van der Waals surface area contributed by atoms with Crippen LogP contribution in [-0.4, -0.2) is 24.2 Å². The van der Waals surface area contributed by atoms with Crippen LogP contribution in [0.1, 0.15) is 18.0 Å². The highest BCUT2D eigenvalue weighted by Crippen LogP contribution is 2.23. The van der Waals surface area contributed by atoms with Gasteiger partial charge >= 0.3 is 5.97 Å². The summed E-state index contributed by atoms with van der Waals surface area (Å²) in [6.07, 6.45) is 0.454. The Morgan fingerprint density at radius 1 is 1.63 bits per heavy atom. The van der Waals surface area contributed by atoms with Crippen molar-refractivity contribution in [3.05, 3.63) is 45.0 Å². The Morgan fingerprint density at radius 2 is 2.37 bits per heavy atom. The Morgan fingerprint density at radius 3 is 3.00 bits per heavy atom. The lowest BCUT2D eigenvalue weighted by Crippen LogP contribution is -2.30. The largest absolute Gasteiger partial charge is 0.480 e. The van der Waals surface area contributed by atoms with Crippen LogP contribution in [0.25, 0.3) is 10.4 Å².